The predicted octanol–water partition coefficient (Wildman–Crippen LogP) is 3.17. The molecule has 1 N–H and O–H groups in total. The molecule has 0 heterocycles. The van der Waals surface area contributed by atoms with Crippen LogP contribution >= 0.6 is 0 Å². The van der Waals surface area contributed by atoms with E-state index in [0.717, 1.165) is 18.4 Å². The van der Waals surface area contributed by atoms with Gasteiger partial charge in [0.25, 0.3) is 0 Å². The minimum atomic E-state index is -0.585. The van der Waals surface area contributed by atoms with E-state index in [1.165, 1.54) is 5.56 Å². The molecule has 0 spiro atoms. The van der Waals surface area contributed by atoms with Gasteiger partial charge in [0.1, 0.15) is 6.17 Å². The van der Waals surface area contributed by atoms with Crippen molar-refractivity contribution in [2.45, 2.75) is 44.4 Å². The average molecular weight is 208 g/mol. The lowest BCUT2D eigenvalue weighted by molar-refractivity contribution is 0.235. The van der Waals surface area contributed by atoms with Crippen LogP contribution in [0.5, 0.6) is 0 Å². The molecule has 0 bridgehead atoms. The molecule has 1 saturated carbocycles. The molecule has 15 heavy (non-hydrogen) atoms. The van der Waals surface area contributed by atoms with Crippen molar-refractivity contribution >= 4 is 0 Å². The van der Waals surface area contributed by atoms with Crippen molar-refractivity contribution in [3.8, 4) is 0 Å². The van der Waals surface area contributed by atoms with E-state index in [1.807, 2.05) is 12.1 Å². The van der Waals surface area contributed by atoms with Crippen LogP contribution in [-0.2, 0) is 6.61 Å². The molecular formula is C13H17FO. The summed E-state index contributed by atoms with van der Waals surface area (Å²) in [5, 5.41) is 8.92. The van der Waals surface area contributed by atoms with Crippen molar-refractivity contribution in [2.75, 3.05) is 0 Å². The van der Waals surface area contributed by atoms with E-state index in [4.69, 9.17) is 5.11 Å². The number of aliphatic hydroxyl groups is 1. The third kappa shape index (κ3) is 2.57. The molecule has 1 fully saturated rings. The lowest BCUT2D eigenvalue weighted by atomic mass is 9.83. The van der Waals surface area contributed by atoms with Crippen LogP contribution in [0.2, 0.25) is 0 Å². The predicted molar refractivity (Wildman–Crippen MR) is 58.5 cm³/mol. The summed E-state index contributed by atoms with van der Waals surface area (Å²) in [5.41, 5.74) is 2.23. The van der Waals surface area contributed by atoms with E-state index in [9.17, 15) is 4.39 Å². The van der Waals surface area contributed by atoms with E-state index < -0.39 is 6.17 Å². The minimum absolute atomic E-state index is 0.0947. The van der Waals surface area contributed by atoms with Crippen molar-refractivity contribution in [3.63, 3.8) is 0 Å². The molecule has 1 aliphatic carbocycles. The number of hydrogen-bond donors (Lipinski definition) is 1. The van der Waals surface area contributed by atoms with Crippen molar-refractivity contribution < 1.29 is 9.50 Å². The van der Waals surface area contributed by atoms with Gasteiger partial charge in [-0.05, 0) is 42.7 Å². The second kappa shape index (κ2) is 4.75. The van der Waals surface area contributed by atoms with Gasteiger partial charge in [-0.2, -0.15) is 0 Å². The molecule has 0 atom stereocenters. The van der Waals surface area contributed by atoms with Crippen LogP contribution < -0.4 is 0 Å². The van der Waals surface area contributed by atoms with Crippen LogP contribution in [0.15, 0.2) is 24.3 Å². The fourth-order valence-corrected chi connectivity index (χ4v) is 2.28. The summed E-state index contributed by atoms with van der Waals surface area (Å²) >= 11 is 0. The van der Waals surface area contributed by atoms with Gasteiger partial charge >= 0.3 is 0 Å². The van der Waals surface area contributed by atoms with E-state index >= 15 is 0 Å². The molecule has 1 aliphatic rings. The van der Waals surface area contributed by atoms with E-state index in [1.54, 1.807) is 0 Å². The number of hydrogen-bond acceptors (Lipinski definition) is 1. The summed E-state index contributed by atoms with van der Waals surface area (Å²) in [7, 11) is 0. The van der Waals surface area contributed by atoms with Gasteiger partial charge < -0.3 is 5.11 Å². The average Bonchev–Trinajstić information content (AvgIpc) is 2.30. The Morgan fingerprint density at radius 3 is 2.20 bits per heavy atom. The van der Waals surface area contributed by atoms with Gasteiger partial charge in [-0.1, -0.05) is 24.3 Å². The Morgan fingerprint density at radius 2 is 1.67 bits per heavy atom. The Bertz CT molecular complexity index is 299. The Hall–Kier alpha value is -0.890. The highest BCUT2D eigenvalue weighted by Gasteiger charge is 2.21. The summed E-state index contributed by atoms with van der Waals surface area (Å²) in [4.78, 5) is 0. The highest BCUT2D eigenvalue weighted by atomic mass is 19.1. The fraction of sp³-hybridized carbons (Fsp3) is 0.538. The van der Waals surface area contributed by atoms with Crippen molar-refractivity contribution in [1.82, 2.24) is 0 Å². The topological polar surface area (TPSA) is 20.2 Å². The maximum Gasteiger partial charge on any atom is 0.100 e. The first-order chi connectivity index (χ1) is 7.29. The number of benzene rings is 1. The first-order valence-corrected chi connectivity index (χ1v) is 5.63. The second-order valence-electron chi connectivity index (χ2n) is 4.35. The first kappa shape index (κ1) is 10.6. The largest absolute Gasteiger partial charge is 0.392 e. The maximum absolute atomic E-state index is 13.0. The van der Waals surface area contributed by atoms with Gasteiger partial charge in [0.15, 0.2) is 0 Å². The molecule has 0 amide bonds. The zero-order chi connectivity index (χ0) is 10.7. The second-order valence-corrected chi connectivity index (χ2v) is 4.35. The number of aliphatic hydroxyl groups excluding tert-OH is 1. The smallest absolute Gasteiger partial charge is 0.100 e. The van der Waals surface area contributed by atoms with Crippen LogP contribution in [0.3, 0.4) is 0 Å². The summed E-state index contributed by atoms with van der Waals surface area (Å²) in [6, 6.07) is 8.04. The Kier molecular flexibility index (Phi) is 3.37. The van der Waals surface area contributed by atoms with Crippen LogP contribution in [0.25, 0.3) is 0 Å². The van der Waals surface area contributed by atoms with E-state index in [0.29, 0.717) is 18.8 Å². The summed E-state index contributed by atoms with van der Waals surface area (Å²) in [6.45, 7) is 0.0947. The van der Waals surface area contributed by atoms with Gasteiger partial charge in [0.2, 0.25) is 0 Å². The Labute approximate surface area is 89.9 Å². The third-order valence-electron chi connectivity index (χ3n) is 3.29. The number of halogens is 1. The van der Waals surface area contributed by atoms with Gasteiger partial charge in [-0.25, -0.2) is 4.39 Å². The van der Waals surface area contributed by atoms with Crippen LogP contribution in [0.4, 0.5) is 4.39 Å². The zero-order valence-corrected chi connectivity index (χ0v) is 8.82. The molecule has 82 valence electrons. The molecule has 2 heteroatoms. The molecule has 0 radical (unpaired) electrons. The van der Waals surface area contributed by atoms with E-state index in [2.05, 4.69) is 12.1 Å². The van der Waals surface area contributed by atoms with Crippen molar-refractivity contribution in [2.24, 2.45) is 0 Å². The normalized spacial score (nSPS) is 26.5. The zero-order valence-electron chi connectivity index (χ0n) is 8.82. The molecule has 1 aromatic rings. The SMILES string of the molecule is OCc1ccc(C2CCC(F)CC2)cc1. The molecular weight excluding hydrogens is 191 g/mol. The highest BCUT2D eigenvalue weighted by molar-refractivity contribution is 5.25. The van der Waals surface area contributed by atoms with Crippen LogP contribution in [0.1, 0.15) is 42.7 Å². The highest BCUT2D eigenvalue weighted by Crippen LogP contribution is 2.33. The van der Waals surface area contributed by atoms with Gasteiger partial charge in [-0.3, -0.25) is 0 Å². The molecule has 1 nitrogen and oxygen atoms in total. The number of alkyl halides is 1. The minimum Gasteiger partial charge on any atom is -0.392 e. The van der Waals surface area contributed by atoms with Gasteiger partial charge in [-0.15, -0.1) is 0 Å². The maximum atomic E-state index is 13.0. The third-order valence-corrected chi connectivity index (χ3v) is 3.29. The Balaban J connectivity index is 2.03. The molecule has 0 unspecified atom stereocenters. The van der Waals surface area contributed by atoms with Crippen molar-refractivity contribution in [1.29, 1.82) is 0 Å². The summed E-state index contributed by atoms with van der Waals surface area (Å²) < 4.78 is 13.0. The van der Waals surface area contributed by atoms with Crippen molar-refractivity contribution in [3.05, 3.63) is 35.4 Å². The molecule has 0 aliphatic heterocycles. The first-order valence-electron chi connectivity index (χ1n) is 5.63. The standard InChI is InChI=1S/C13H17FO/c14-13-7-5-12(6-8-13)11-3-1-10(9-15)2-4-11/h1-4,12-13,15H,5-9H2. The molecule has 2 rings (SSSR count). The molecule has 1 aromatic carbocycles. The number of rotatable bonds is 2. The fourth-order valence-electron chi connectivity index (χ4n) is 2.28. The monoisotopic (exact) mass is 208 g/mol. The van der Waals surface area contributed by atoms with Gasteiger partial charge in [0, 0.05) is 0 Å². The quantitative estimate of drug-likeness (QED) is 0.791. The lowest BCUT2D eigenvalue weighted by Crippen LogP contribution is -2.13. The van der Waals surface area contributed by atoms with E-state index in [-0.39, 0.29) is 6.61 Å². The molecule has 0 saturated heterocycles. The van der Waals surface area contributed by atoms with Crippen LogP contribution in [-0.4, -0.2) is 11.3 Å². The summed E-state index contributed by atoms with van der Waals surface area (Å²) in [6.07, 6.45) is 2.73. The molecule has 0 aromatic heterocycles. The van der Waals surface area contributed by atoms with Gasteiger partial charge in [0.05, 0.1) is 6.61 Å². The summed E-state index contributed by atoms with van der Waals surface area (Å²) in [5.74, 6) is 0.518. The van der Waals surface area contributed by atoms with Crippen LogP contribution in [0, 0.1) is 0 Å². The Morgan fingerprint density at radius 1 is 1.07 bits per heavy atom. The lowest BCUT2D eigenvalue weighted by Gasteiger charge is -2.24.